The second-order valence-corrected chi connectivity index (χ2v) is 10.9. The van der Waals surface area contributed by atoms with Gasteiger partial charge in [-0.3, -0.25) is 4.79 Å². The van der Waals surface area contributed by atoms with Gasteiger partial charge >= 0.3 is 5.97 Å². The average molecular weight is 512 g/mol. The summed E-state index contributed by atoms with van der Waals surface area (Å²) in [7, 11) is 0. The van der Waals surface area contributed by atoms with Crippen molar-refractivity contribution in [2.24, 2.45) is 5.92 Å². The number of rotatable bonds is 11. The Morgan fingerprint density at radius 1 is 1.14 bits per heavy atom. The quantitative estimate of drug-likeness (QED) is 0.260. The predicted molar refractivity (Wildman–Crippen MR) is 145 cm³/mol. The highest BCUT2D eigenvalue weighted by molar-refractivity contribution is 6.31. The number of hydrogen-bond donors (Lipinski definition) is 2. The van der Waals surface area contributed by atoms with Crippen LogP contribution in [0.5, 0.6) is 5.75 Å². The summed E-state index contributed by atoms with van der Waals surface area (Å²) in [4.78, 5) is 12.6. The number of esters is 1. The van der Waals surface area contributed by atoms with Gasteiger partial charge in [-0.2, -0.15) is 15.4 Å². The van der Waals surface area contributed by atoms with Gasteiger partial charge in [0.25, 0.3) is 0 Å². The van der Waals surface area contributed by atoms with Crippen LogP contribution in [0, 0.1) is 5.92 Å². The van der Waals surface area contributed by atoms with Gasteiger partial charge in [-0.25, -0.2) is 0 Å². The van der Waals surface area contributed by atoms with E-state index in [1.165, 1.54) is 0 Å². The van der Waals surface area contributed by atoms with E-state index in [4.69, 9.17) is 16.3 Å². The van der Waals surface area contributed by atoms with Crippen molar-refractivity contribution in [3.63, 3.8) is 0 Å². The second kappa shape index (κ2) is 12.4. The van der Waals surface area contributed by atoms with Gasteiger partial charge in [0.15, 0.2) is 0 Å². The van der Waals surface area contributed by atoms with Crippen molar-refractivity contribution < 1.29 is 14.6 Å². The molecule has 2 N–H and O–H groups in total. The molecule has 1 unspecified atom stereocenters. The summed E-state index contributed by atoms with van der Waals surface area (Å²) in [5.41, 5.74) is 4.34. The van der Waals surface area contributed by atoms with Crippen LogP contribution in [0.1, 0.15) is 77.8 Å². The predicted octanol–water partition coefficient (Wildman–Crippen LogP) is 7.49. The molecule has 36 heavy (non-hydrogen) atoms. The van der Waals surface area contributed by atoms with Crippen molar-refractivity contribution in [3.05, 3.63) is 52.7 Å². The van der Waals surface area contributed by atoms with Crippen molar-refractivity contribution in [3.8, 4) is 28.1 Å². The minimum absolute atomic E-state index is 0.188. The number of halogens is 1. The number of carbonyl (C=O) groups is 1. The lowest BCUT2D eigenvalue weighted by molar-refractivity contribution is -0.145. The largest absolute Gasteiger partial charge is 0.507 e. The number of unbranched alkanes of at least 4 members (excludes halogenated alkanes) is 1. The zero-order valence-electron chi connectivity index (χ0n) is 22.0. The molecule has 0 saturated carbocycles. The van der Waals surface area contributed by atoms with Crippen LogP contribution in [0.4, 0.5) is 0 Å². The molecule has 0 amide bonds. The molecule has 1 heterocycles. The topological polar surface area (TPSA) is 88.1 Å². The molecule has 3 aromatic rings. The first-order valence-electron chi connectivity index (χ1n) is 12.8. The monoisotopic (exact) mass is 511 g/mol. The lowest BCUT2D eigenvalue weighted by atomic mass is 9.82. The first-order valence-corrected chi connectivity index (χ1v) is 13.2. The molecular weight excluding hydrogens is 474 g/mol. The van der Waals surface area contributed by atoms with Gasteiger partial charge in [0.2, 0.25) is 0 Å². The van der Waals surface area contributed by atoms with Gasteiger partial charge in [0.05, 0.1) is 12.8 Å². The SMILES string of the molecule is CCCCC(CC)COC(=O)CCc1cc(-c2ccc(Cl)cc2-c2cn[nH]n2)c(O)c(C(C)(C)C)c1. The summed E-state index contributed by atoms with van der Waals surface area (Å²) in [6, 6.07) is 9.43. The Hall–Kier alpha value is -2.86. The average Bonchev–Trinajstić information content (AvgIpc) is 3.38. The highest BCUT2D eigenvalue weighted by atomic mass is 35.5. The lowest BCUT2D eigenvalue weighted by Gasteiger charge is -2.24. The van der Waals surface area contributed by atoms with Crippen LogP contribution in [0.25, 0.3) is 22.4 Å². The van der Waals surface area contributed by atoms with Crippen LogP contribution in [-0.2, 0) is 21.4 Å². The molecule has 7 heteroatoms. The number of nitrogens with zero attached hydrogens (tertiary/aromatic N) is 2. The van der Waals surface area contributed by atoms with Crippen LogP contribution in [-0.4, -0.2) is 33.1 Å². The maximum Gasteiger partial charge on any atom is 0.306 e. The van der Waals surface area contributed by atoms with Gasteiger partial charge in [0, 0.05) is 28.1 Å². The fraction of sp³-hybridized carbons (Fsp3) is 0.483. The molecule has 1 atom stereocenters. The van der Waals surface area contributed by atoms with Gasteiger partial charge in [-0.1, -0.05) is 77.6 Å². The van der Waals surface area contributed by atoms with Crippen LogP contribution >= 0.6 is 11.6 Å². The fourth-order valence-corrected chi connectivity index (χ4v) is 4.51. The summed E-state index contributed by atoms with van der Waals surface area (Å²) >= 11 is 6.30. The zero-order chi connectivity index (χ0) is 26.3. The molecule has 0 saturated heterocycles. The molecule has 3 rings (SSSR count). The third kappa shape index (κ3) is 7.10. The fourth-order valence-electron chi connectivity index (χ4n) is 4.34. The smallest absolute Gasteiger partial charge is 0.306 e. The van der Waals surface area contributed by atoms with E-state index in [0.717, 1.165) is 47.9 Å². The van der Waals surface area contributed by atoms with E-state index in [1.807, 2.05) is 24.3 Å². The summed E-state index contributed by atoms with van der Waals surface area (Å²) < 4.78 is 5.61. The van der Waals surface area contributed by atoms with Crippen molar-refractivity contribution in [2.45, 2.75) is 78.6 Å². The van der Waals surface area contributed by atoms with Crippen molar-refractivity contribution in [1.29, 1.82) is 0 Å². The molecule has 0 fully saturated rings. The normalized spacial score (nSPS) is 12.5. The van der Waals surface area contributed by atoms with E-state index in [0.29, 0.717) is 35.2 Å². The van der Waals surface area contributed by atoms with E-state index < -0.39 is 0 Å². The minimum atomic E-state index is -0.302. The van der Waals surface area contributed by atoms with Crippen molar-refractivity contribution in [2.75, 3.05) is 6.61 Å². The first kappa shape index (κ1) is 27.7. The molecule has 0 bridgehead atoms. The van der Waals surface area contributed by atoms with E-state index in [2.05, 4.69) is 50.0 Å². The molecule has 0 radical (unpaired) electrons. The number of ether oxygens (including phenoxy) is 1. The number of carbonyl (C=O) groups excluding carboxylic acids is 1. The Bertz CT molecular complexity index is 1150. The van der Waals surface area contributed by atoms with E-state index >= 15 is 0 Å². The molecule has 0 aliphatic carbocycles. The van der Waals surface area contributed by atoms with Crippen LogP contribution in [0.2, 0.25) is 5.02 Å². The summed E-state index contributed by atoms with van der Waals surface area (Å²) in [6.45, 7) is 11.0. The molecule has 0 spiro atoms. The highest BCUT2D eigenvalue weighted by Gasteiger charge is 2.24. The highest BCUT2D eigenvalue weighted by Crippen LogP contribution is 2.43. The van der Waals surface area contributed by atoms with Gasteiger partial charge in [-0.15, -0.1) is 0 Å². The molecule has 194 valence electrons. The number of aromatic hydroxyl groups is 1. The number of H-pyrrole nitrogens is 1. The van der Waals surface area contributed by atoms with Gasteiger partial charge < -0.3 is 9.84 Å². The number of phenols is 1. The molecular formula is C29H38ClN3O3. The molecule has 0 aliphatic heterocycles. The summed E-state index contributed by atoms with van der Waals surface area (Å²) in [6.07, 6.45) is 6.84. The van der Waals surface area contributed by atoms with Crippen molar-refractivity contribution in [1.82, 2.24) is 15.4 Å². The van der Waals surface area contributed by atoms with Crippen molar-refractivity contribution >= 4 is 17.6 Å². The Labute approximate surface area is 219 Å². The zero-order valence-corrected chi connectivity index (χ0v) is 22.8. The second-order valence-electron chi connectivity index (χ2n) is 10.4. The number of nitrogens with one attached hydrogen (secondary N) is 1. The number of aromatic nitrogens is 3. The maximum atomic E-state index is 12.6. The molecule has 2 aromatic carbocycles. The third-order valence-corrected chi connectivity index (χ3v) is 6.82. The Balaban J connectivity index is 1.89. The van der Waals surface area contributed by atoms with Gasteiger partial charge in [-0.05, 0) is 53.5 Å². The summed E-state index contributed by atoms with van der Waals surface area (Å²) in [5, 5.41) is 22.7. The van der Waals surface area contributed by atoms with E-state index in [9.17, 15) is 9.90 Å². The number of aromatic amines is 1. The number of aryl methyl sites for hydroxylation is 1. The maximum absolute atomic E-state index is 12.6. The van der Waals surface area contributed by atoms with Gasteiger partial charge in [0.1, 0.15) is 11.4 Å². The van der Waals surface area contributed by atoms with E-state index in [-0.39, 0.29) is 23.6 Å². The Kier molecular flexibility index (Phi) is 9.55. The number of benzene rings is 2. The third-order valence-electron chi connectivity index (χ3n) is 6.58. The van der Waals surface area contributed by atoms with Crippen LogP contribution in [0.3, 0.4) is 0 Å². The van der Waals surface area contributed by atoms with E-state index in [1.54, 1.807) is 12.3 Å². The first-order chi connectivity index (χ1) is 17.1. The molecule has 6 nitrogen and oxygen atoms in total. The standard InChI is InChI=1S/C29H38ClN3O3/c1-6-8-9-19(7-2)18-36-27(34)13-10-20-14-24(28(35)25(15-20)29(3,4)5)22-12-11-21(30)16-23(22)26-17-31-33-32-26/h11-12,14-17,19,35H,6-10,13,18H2,1-5H3,(H,31,32,33). The number of phenolic OH excluding ortho intramolecular Hbond substituents is 1. The minimum Gasteiger partial charge on any atom is -0.507 e. The van der Waals surface area contributed by atoms with Crippen LogP contribution < -0.4 is 0 Å². The molecule has 1 aromatic heterocycles. The number of hydrogen-bond acceptors (Lipinski definition) is 5. The summed E-state index contributed by atoms with van der Waals surface area (Å²) in [5.74, 6) is 0.441. The van der Waals surface area contributed by atoms with Crippen LogP contribution in [0.15, 0.2) is 36.5 Å². The lowest BCUT2D eigenvalue weighted by Crippen LogP contribution is -2.15. The Morgan fingerprint density at radius 3 is 2.56 bits per heavy atom. The Morgan fingerprint density at radius 2 is 1.92 bits per heavy atom. The molecule has 0 aliphatic rings.